The minimum absolute atomic E-state index is 0.00161. The summed E-state index contributed by atoms with van der Waals surface area (Å²) < 4.78 is 0. The average Bonchev–Trinajstić information content (AvgIpc) is 2.51. The summed E-state index contributed by atoms with van der Waals surface area (Å²) in [5, 5.41) is 14.5. The van der Waals surface area contributed by atoms with Gasteiger partial charge in [-0.25, -0.2) is 0 Å². The fourth-order valence-corrected chi connectivity index (χ4v) is 1.53. The van der Waals surface area contributed by atoms with E-state index in [0.29, 0.717) is 6.54 Å². The Labute approximate surface area is 80.4 Å². The molecule has 1 rings (SSSR count). The van der Waals surface area contributed by atoms with Crippen LogP contribution < -0.4 is 11.1 Å². The molecule has 0 aliphatic carbocycles. The Morgan fingerprint density at radius 2 is 2.54 bits per heavy atom. The second-order valence-electron chi connectivity index (χ2n) is 2.72. The Kier molecular flexibility index (Phi) is 3.72. The molecule has 1 aromatic heterocycles. The monoisotopic (exact) mass is 200 g/mol. The average molecular weight is 200 g/mol. The molecule has 1 aromatic rings. The maximum absolute atomic E-state index is 10.3. The number of nitrogens with one attached hydrogen (secondary N) is 1. The van der Waals surface area contributed by atoms with Gasteiger partial charge in [0.15, 0.2) is 0 Å². The van der Waals surface area contributed by atoms with Gasteiger partial charge in [0.2, 0.25) is 0 Å². The molecule has 1 heterocycles. The summed E-state index contributed by atoms with van der Waals surface area (Å²) in [5.74, 6) is -0.861. The van der Waals surface area contributed by atoms with Crippen LogP contribution in [0.4, 0.5) is 5.00 Å². The zero-order valence-electron chi connectivity index (χ0n) is 7.06. The number of nitrogens with two attached hydrogens (primary N) is 1. The molecule has 72 valence electrons. The highest BCUT2D eigenvalue weighted by atomic mass is 32.1. The van der Waals surface area contributed by atoms with E-state index in [9.17, 15) is 4.79 Å². The zero-order valence-corrected chi connectivity index (χ0v) is 7.88. The number of thiophene rings is 1. The molecule has 0 aliphatic rings. The van der Waals surface area contributed by atoms with Crippen LogP contribution >= 0.6 is 11.3 Å². The van der Waals surface area contributed by atoms with Crippen LogP contribution in [0.25, 0.3) is 0 Å². The molecule has 4 N–H and O–H groups in total. The predicted octanol–water partition coefficient (Wildman–Crippen LogP) is 0.962. The van der Waals surface area contributed by atoms with E-state index in [1.807, 2.05) is 17.5 Å². The fraction of sp³-hybridized carbons (Fsp3) is 0.375. The van der Waals surface area contributed by atoms with Crippen molar-refractivity contribution < 1.29 is 9.90 Å². The molecule has 1 unspecified atom stereocenters. The van der Waals surface area contributed by atoms with Crippen LogP contribution in [-0.2, 0) is 4.79 Å². The molecule has 1 atom stereocenters. The van der Waals surface area contributed by atoms with Crippen LogP contribution in [0.15, 0.2) is 17.5 Å². The molecule has 0 amide bonds. The summed E-state index contributed by atoms with van der Waals surface area (Å²) in [6.07, 6.45) is -0.00161. The minimum Gasteiger partial charge on any atom is -0.481 e. The van der Waals surface area contributed by atoms with Gasteiger partial charge in [0.25, 0.3) is 0 Å². The molecule has 13 heavy (non-hydrogen) atoms. The lowest BCUT2D eigenvalue weighted by Gasteiger charge is -2.09. The standard InChI is InChI=1S/C8H12N2O2S/c9-6(4-8(11)12)5-10-7-2-1-3-13-7/h1-3,6,10H,4-5,9H2,(H,11,12). The lowest BCUT2D eigenvalue weighted by atomic mass is 10.2. The van der Waals surface area contributed by atoms with Gasteiger partial charge in [-0.1, -0.05) is 0 Å². The summed E-state index contributed by atoms with van der Waals surface area (Å²) >= 11 is 1.57. The van der Waals surface area contributed by atoms with Crippen LogP contribution in [0.3, 0.4) is 0 Å². The van der Waals surface area contributed by atoms with Crippen molar-refractivity contribution in [2.24, 2.45) is 5.73 Å². The van der Waals surface area contributed by atoms with Crippen LogP contribution in [0.2, 0.25) is 0 Å². The number of carboxylic acids is 1. The Bertz CT molecular complexity index is 261. The summed E-state index contributed by atoms with van der Waals surface area (Å²) in [6.45, 7) is 0.493. The van der Waals surface area contributed by atoms with Gasteiger partial charge in [-0.2, -0.15) is 0 Å². The van der Waals surface area contributed by atoms with Gasteiger partial charge in [-0.3, -0.25) is 4.79 Å². The van der Waals surface area contributed by atoms with Gasteiger partial charge in [0.1, 0.15) is 0 Å². The first-order valence-corrected chi connectivity index (χ1v) is 4.81. The second kappa shape index (κ2) is 4.84. The SMILES string of the molecule is NC(CNc1cccs1)CC(=O)O. The third kappa shape index (κ3) is 3.91. The highest BCUT2D eigenvalue weighted by Crippen LogP contribution is 2.14. The molecule has 4 nitrogen and oxygen atoms in total. The van der Waals surface area contributed by atoms with Crippen LogP contribution in [0.1, 0.15) is 6.42 Å². The number of rotatable bonds is 5. The smallest absolute Gasteiger partial charge is 0.304 e. The van der Waals surface area contributed by atoms with Gasteiger partial charge >= 0.3 is 5.97 Å². The second-order valence-corrected chi connectivity index (χ2v) is 3.66. The van der Waals surface area contributed by atoms with Gasteiger partial charge < -0.3 is 16.2 Å². The first-order chi connectivity index (χ1) is 6.18. The van der Waals surface area contributed by atoms with E-state index in [1.54, 1.807) is 11.3 Å². The quantitative estimate of drug-likeness (QED) is 0.661. The van der Waals surface area contributed by atoms with Gasteiger partial charge in [-0.15, -0.1) is 11.3 Å². The molecule has 0 spiro atoms. The van der Waals surface area contributed by atoms with Crippen molar-refractivity contribution in [2.75, 3.05) is 11.9 Å². The Hall–Kier alpha value is -1.07. The van der Waals surface area contributed by atoms with Crippen molar-refractivity contribution in [3.05, 3.63) is 17.5 Å². The van der Waals surface area contributed by atoms with E-state index < -0.39 is 5.97 Å². The van der Waals surface area contributed by atoms with Crippen molar-refractivity contribution >= 4 is 22.3 Å². The van der Waals surface area contributed by atoms with Crippen LogP contribution in [0, 0.1) is 0 Å². The molecular formula is C8H12N2O2S. The molecule has 5 heteroatoms. The van der Waals surface area contributed by atoms with E-state index in [0.717, 1.165) is 5.00 Å². The predicted molar refractivity (Wildman–Crippen MR) is 53.0 cm³/mol. The van der Waals surface area contributed by atoms with E-state index in [-0.39, 0.29) is 12.5 Å². The van der Waals surface area contributed by atoms with Crippen molar-refractivity contribution in [3.8, 4) is 0 Å². The Morgan fingerprint density at radius 1 is 1.77 bits per heavy atom. The number of carboxylic acid groups (broad SMARTS) is 1. The van der Waals surface area contributed by atoms with Gasteiger partial charge in [0.05, 0.1) is 11.4 Å². The number of hydrogen-bond donors (Lipinski definition) is 3. The number of anilines is 1. The summed E-state index contributed by atoms with van der Waals surface area (Å²) in [6, 6.07) is 3.52. The highest BCUT2D eigenvalue weighted by Gasteiger charge is 2.07. The summed E-state index contributed by atoms with van der Waals surface area (Å²) in [5.41, 5.74) is 5.55. The lowest BCUT2D eigenvalue weighted by molar-refractivity contribution is -0.137. The van der Waals surface area contributed by atoms with Gasteiger partial charge in [-0.05, 0) is 17.5 Å². The van der Waals surface area contributed by atoms with Crippen molar-refractivity contribution in [1.29, 1.82) is 0 Å². The topological polar surface area (TPSA) is 75.3 Å². The highest BCUT2D eigenvalue weighted by molar-refractivity contribution is 7.14. The molecular weight excluding hydrogens is 188 g/mol. The number of hydrogen-bond acceptors (Lipinski definition) is 4. The van der Waals surface area contributed by atoms with Crippen molar-refractivity contribution in [2.45, 2.75) is 12.5 Å². The number of carbonyl (C=O) groups is 1. The number of aliphatic carboxylic acids is 1. The molecule has 0 saturated heterocycles. The molecule has 0 saturated carbocycles. The third-order valence-electron chi connectivity index (χ3n) is 1.50. The van der Waals surface area contributed by atoms with E-state index in [2.05, 4.69) is 5.32 Å². The fourth-order valence-electron chi connectivity index (χ4n) is 0.907. The zero-order chi connectivity index (χ0) is 9.68. The lowest BCUT2D eigenvalue weighted by Crippen LogP contribution is -2.31. The van der Waals surface area contributed by atoms with Crippen LogP contribution in [0.5, 0.6) is 0 Å². The third-order valence-corrected chi connectivity index (χ3v) is 2.32. The normalized spacial score (nSPS) is 12.4. The largest absolute Gasteiger partial charge is 0.481 e. The van der Waals surface area contributed by atoms with E-state index in [1.165, 1.54) is 0 Å². The molecule has 0 fully saturated rings. The van der Waals surface area contributed by atoms with Gasteiger partial charge in [0, 0.05) is 12.6 Å². The first kappa shape index (κ1) is 10.0. The summed E-state index contributed by atoms with van der Waals surface area (Å²) in [4.78, 5) is 10.3. The first-order valence-electron chi connectivity index (χ1n) is 3.93. The maximum Gasteiger partial charge on any atom is 0.304 e. The maximum atomic E-state index is 10.3. The Morgan fingerprint density at radius 3 is 3.08 bits per heavy atom. The molecule has 0 aromatic carbocycles. The molecule has 0 radical (unpaired) electrons. The minimum atomic E-state index is -0.861. The summed E-state index contributed by atoms with van der Waals surface area (Å²) in [7, 11) is 0. The van der Waals surface area contributed by atoms with E-state index in [4.69, 9.17) is 10.8 Å². The molecule has 0 bridgehead atoms. The molecule has 0 aliphatic heterocycles. The van der Waals surface area contributed by atoms with Crippen LogP contribution in [-0.4, -0.2) is 23.7 Å². The van der Waals surface area contributed by atoms with E-state index >= 15 is 0 Å². The Balaban J connectivity index is 2.22. The van der Waals surface area contributed by atoms with Crippen molar-refractivity contribution in [3.63, 3.8) is 0 Å². The van der Waals surface area contributed by atoms with Crippen molar-refractivity contribution in [1.82, 2.24) is 0 Å².